The number of pyridine rings is 3. The fourth-order valence-electron chi connectivity index (χ4n) is 3.96. The quantitative estimate of drug-likeness (QED) is 0.479. The van der Waals surface area contributed by atoms with Crippen LogP contribution in [0.4, 0.5) is 10.2 Å². The molecular formula is C23H23FN6O2. The molecular weight excluding hydrogens is 411 g/mol. The van der Waals surface area contributed by atoms with Crippen LogP contribution in [0.15, 0.2) is 36.9 Å². The first-order valence-corrected chi connectivity index (χ1v) is 10.7. The predicted molar refractivity (Wildman–Crippen MR) is 118 cm³/mol. The number of rotatable bonds is 6. The third-order valence-electron chi connectivity index (χ3n) is 5.85. The molecule has 5 rings (SSSR count). The average molecular weight is 434 g/mol. The Labute approximate surface area is 183 Å². The highest BCUT2D eigenvalue weighted by molar-refractivity contribution is 5.97. The second-order valence-electron chi connectivity index (χ2n) is 8.26. The van der Waals surface area contributed by atoms with Crippen LogP contribution in [0, 0.1) is 12.8 Å². The summed E-state index contributed by atoms with van der Waals surface area (Å²) in [6, 6.07) is 5.58. The monoisotopic (exact) mass is 434 g/mol. The van der Waals surface area contributed by atoms with Crippen molar-refractivity contribution in [3.05, 3.63) is 48.2 Å². The summed E-state index contributed by atoms with van der Waals surface area (Å²) in [6.45, 7) is 4.00. The minimum absolute atomic E-state index is 0.262. The molecule has 0 radical (unpaired) electrons. The zero-order valence-corrected chi connectivity index (χ0v) is 17.8. The lowest BCUT2D eigenvalue weighted by atomic mass is 10.00. The number of aromatic nitrogens is 5. The summed E-state index contributed by atoms with van der Waals surface area (Å²) in [7, 11) is 0. The van der Waals surface area contributed by atoms with E-state index in [2.05, 4.69) is 25.4 Å². The van der Waals surface area contributed by atoms with E-state index in [9.17, 15) is 14.3 Å². The molecule has 0 unspecified atom stereocenters. The summed E-state index contributed by atoms with van der Waals surface area (Å²) in [5, 5.41) is 18.1. The van der Waals surface area contributed by atoms with Crippen LogP contribution in [0.5, 0.6) is 0 Å². The van der Waals surface area contributed by atoms with Gasteiger partial charge in [-0.3, -0.25) is 9.78 Å². The van der Waals surface area contributed by atoms with Crippen molar-refractivity contribution in [2.45, 2.75) is 45.4 Å². The number of halogens is 1. The maximum Gasteiger partial charge on any atom is 0.231 e. The molecule has 9 heteroatoms. The summed E-state index contributed by atoms with van der Waals surface area (Å²) in [5.41, 5.74) is 4.71. The molecule has 4 aromatic heterocycles. The Morgan fingerprint density at radius 1 is 1.25 bits per heavy atom. The highest BCUT2D eigenvalue weighted by atomic mass is 19.1. The molecule has 0 aromatic carbocycles. The molecule has 2 N–H and O–H groups in total. The Bertz CT molecular complexity index is 1340. The van der Waals surface area contributed by atoms with Gasteiger partial charge in [0, 0.05) is 35.0 Å². The van der Waals surface area contributed by atoms with Crippen molar-refractivity contribution in [3.63, 3.8) is 0 Å². The lowest BCUT2D eigenvalue weighted by molar-refractivity contribution is -0.117. The van der Waals surface area contributed by atoms with Gasteiger partial charge in [0.25, 0.3) is 0 Å². The first-order valence-electron chi connectivity index (χ1n) is 10.7. The zero-order valence-electron chi connectivity index (χ0n) is 17.8. The number of hydrogen-bond donors (Lipinski definition) is 2. The van der Waals surface area contributed by atoms with Gasteiger partial charge in [-0.05, 0) is 37.5 Å². The van der Waals surface area contributed by atoms with E-state index in [1.54, 1.807) is 23.0 Å². The van der Waals surface area contributed by atoms with Crippen LogP contribution >= 0.6 is 0 Å². The molecule has 1 aliphatic rings. The van der Waals surface area contributed by atoms with Crippen molar-refractivity contribution in [2.24, 2.45) is 5.92 Å². The standard InChI is InChI=1S/C23H23FN6O2/c1-3-4-20(31)18-5-12(2)16(10-25-18)14-6-13-9-26-21(29-23(32)15-7-17(15)24)8-19(13)30-22(14)27-11-28-30/h5-6,8-11,15,17,20,31H,3-4,7H2,1-2H3,(H,26,29,32)/t15-,17+,20-/m0/s1. The Morgan fingerprint density at radius 2 is 2.06 bits per heavy atom. The van der Waals surface area contributed by atoms with Gasteiger partial charge >= 0.3 is 0 Å². The minimum atomic E-state index is -1.06. The van der Waals surface area contributed by atoms with E-state index >= 15 is 0 Å². The van der Waals surface area contributed by atoms with Crippen molar-refractivity contribution in [3.8, 4) is 11.1 Å². The smallest absolute Gasteiger partial charge is 0.231 e. The van der Waals surface area contributed by atoms with Gasteiger partial charge in [-0.1, -0.05) is 13.3 Å². The number of aliphatic hydroxyl groups excluding tert-OH is 1. The first kappa shape index (κ1) is 20.4. The van der Waals surface area contributed by atoms with Crippen LogP contribution in [0.1, 0.15) is 43.5 Å². The molecule has 0 bridgehead atoms. The molecule has 0 saturated heterocycles. The summed E-state index contributed by atoms with van der Waals surface area (Å²) in [6.07, 6.45) is 5.02. The largest absolute Gasteiger partial charge is 0.387 e. The zero-order chi connectivity index (χ0) is 22.4. The summed E-state index contributed by atoms with van der Waals surface area (Å²) in [4.78, 5) is 25.3. The van der Waals surface area contributed by atoms with Crippen LogP contribution in [0.2, 0.25) is 0 Å². The summed E-state index contributed by atoms with van der Waals surface area (Å²) < 4.78 is 14.9. The minimum Gasteiger partial charge on any atom is -0.387 e. The van der Waals surface area contributed by atoms with Gasteiger partial charge < -0.3 is 10.4 Å². The molecule has 8 nitrogen and oxygen atoms in total. The molecule has 4 aromatic rings. The number of nitrogens with one attached hydrogen (secondary N) is 1. The van der Waals surface area contributed by atoms with Gasteiger partial charge in [-0.25, -0.2) is 18.9 Å². The highest BCUT2D eigenvalue weighted by Crippen LogP contribution is 2.35. The lowest BCUT2D eigenvalue weighted by Gasteiger charge is -2.14. The van der Waals surface area contributed by atoms with E-state index in [4.69, 9.17) is 0 Å². The van der Waals surface area contributed by atoms with E-state index in [-0.39, 0.29) is 12.3 Å². The third kappa shape index (κ3) is 3.58. The van der Waals surface area contributed by atoms with E-state index < -0.39 is 18.2 Å². The number of aliphatic hydroxyl groups is 1. The molecule has 1 amide bonds. The number of hydrogen-bond acceptors (Lipinski definition) is 6. The SMILES string of the molecule is CCC[C@H](O)c1cc(C)c(-c2cc3cnc(NC(=O)[C@H]4C[C@H]4F)cc3n3ncnc23)cn1. The molecule has 0 aliphatic heterocycles. The number of carbonyl (C=O) groups excluding carboxylic acids is 1. The van der Waals surface area contributed by atoms with E-state index in [1.807, 2.05) is 26.0 Å². The lowest BCUT2D eigenvalue weighted by Crippen LogP contribution is -2.16. The predicted octanol–water partition coefficient (Wildman–Crippen LogP) is 3.78. The molecule has 0 spiro atoms. The van der Waals surface area contributed by atoms with Crippen molar-refractivity contribution in [2.75, 3.05) is 5.32 Å². The van der Waals surface area contributed by atoms with Gasteiger partial charge in [-0.15, -0.1) is 0 Å². The summed E-state index contributed by atoms with van der Waals surface area (Å²) >= 11 is 0. The maximum atomic E-state index is 13.2. The molecule has 32 heavy (non-hydrogen) atoms. The molecule has 164 valence electrons. The number of amides is 1. The number of nitrogens with zero attached hydrogens (tertiary/aromatic N) is 5. The molecule has 1 fully saturated rings. The second-order valence-corrected chi connectivity index (χ2v) is 8.26. The van der Waals surface area contributed by atoms with E-state index in [0.29, 0.717) is 23.6 Å². The second kappa shape index (κ2) is 7.90. The van der Waals surface area contributed by atoms with Gasteiger partial charge in [0.05, 0.1) is 23.2 Å². The summed E-state index contributed by atoms with van der Waals surface area (Å²) in [5.74, 6) is -0.600. The van der Waals surface area contributed by atoms with Crippen LogP contribution in [0.3, 0.4) is 0 Å². The number of carbonyl (C=O) groups is 1. The average Bonchev–Trinajstić information content (AvgIpc) is 3.30. The van der Waals surface area contributed by atoms with E-state index in [1.165, 1.54) is 6.33 Å². The Morgan fingerprint density at radius 3 is 2.78 bits per heavy atom. The molecule has 4 heterocycles. The highest BCUT2D eigenvalue weighted by Gasteiger charge is 2.43. The van der Waals surface area contributed by atoms with Crippen LogP contribution < -0.4 is 5.32 Å². The van der Waals surface area contributed by atoms with Gasteiger partial charge in [0.2, 0.25) is 5.91 Å². The number of alkyl halides is 1. The topological polar surface area (TPSA) is 105 Å². The number of fused-ring (bicyclic) bond motifs is 3. The fraction of sp³-hybridized carbons (Fsp3) is 0.348. The molecule has 1 saturated carbocycles. The maximum absolute atomic E-state index is 13.2. The molecule has 1 aliphatic carbocycles. The van der Waals surface area contributed by atoms with Gasteiger partial charge in [0.1, 0.15) is 18.3 Å². The Hall–Kier alpha value is -3.46. The van der Waals surface area contributed by atoms with Crippen LogP contribution in [-0.2, 0) is 4.79 Å². The number of anilines is 1. The Kier molecular flexibility index (Phi) is 5.05. The van der Waals surface area contributed by atoms with Crippen molar-refractivity contribution >= 4 is 28.3 Å². The molecule has 3 atom stereocenters. The Balaban J connectivity index is 1.55. The van der Waals surface area contributed by atoms with Crippen LogP contribution in [0.25, 0.3) is 27.7 Å². The van der Waals surface area contributed by atoms with Gasteiger partial charge in [0.15, 0.2) is 5.65 Å². The van der Waals surface area contributed by atoms with Crippen LogP contribution in [-0.4, -0.2) is 41.8 Å². The van der Waals surface area contributed by atoms with E-state index in [0.717, 1.165) is 34.0 Å². The fourth-order valence-corrected chi connectivity index (χ4v) is 3.96. The number of aryl methyl sites for hydroxylation is 1. The van der Waals surface area contributed by atoms with Crippen molar-refractivity contribution < 1.29 is 14.3 Å². The normalized spacial score (nSPS) is 18.8. The van der Waals surface area contributed by atoms with Crippen molar-refractivity contribution in [1.29, 1.82) is 0 Å². The third-order valence-corrected chi connectivity index (χ3v) is 5.85. The van der Waals surface area contributed by atoms with Gasteiger partial charge in [-0.2, -0.15) is 5.10 Å². The first-order chi connectivity index (χ1) is 15.5. The van der Waals surface area contributed by atoms with Crippen molar-refractivity contribution in [1.82, 2.24) is 24.6 Å².